The molecule has 0 fully saturated rings. The fraction of sp³-hybridized carbons (Fsp3) is 0.333. The number of methoxy groups -OCH3 is 1. The van der Waals surface area contributed by atoms with Crippen molar-refractivity contribution in [2.75, 3.05) is 43.6 Å². The topological polar surface area (TPSA) is 67.5 Å². The van der Waals surface area contributed by atoms with Crippen LogP contribution in [-0.2, 0) is 13.0 Å². The molecule has 0 aliphatic carbocycles. The van der Waals surface area contributed by atoms with E-state index in [9.17, 15) is 0 Å². The maximum atomic E-state index is 6.54. The molecule has 3 aromatic rings. The number of nitrogens with zero attached hydrogens (tertiary/aromatic N) is 4. The molecule has 0 radical (unpaired) electrons. The van der Waals surface area contributed by atoms with Gasteiger partial charge in [0.15, 0.2) is 0 Å². The van der Waals surface area contributed by atoms with Crippen LogP contribution in [0.15, 0.2) is 36.4 Å². The number of aromatic nitrogens is 2. The molecule has 6 nitrogen and oxygen atoms in total. The maximum Gasteiger partial charge on any atom is 0.318 e. The van der Waals surface area contributed by atoms with Crippen molar-refractivity contribution in [1.82, 2.24) is 9.97 Å². The summed E-state index contributed by atoms with van der Waals surface area (Å²) in [5.41, 5.74) is 9.02. The number of ether oxygens (including phenoxy) is 1. The minimum absolute atomic E-state index is 0.385. The van der Waals surface area contributed by atoms with Gasteiger partial charge in [-0.15, -0.1) is 0 Å². The molecule has 0 saturated carbocycles. The molecule has 0 spiro atoms. The summed E-state index contributed by atoms with van der Waals surface area (Å²) in [6, 6.07) is 12.7. The van der Waals surface area contributed by atoms with E-state index in [2.05, 4.69) is 44.0 Å². The Labute approximate surface area is 169 Å². The summed E-state index contributed by atoms with van der Waals surface area (Å²) in [4.78, 5) is 13.6. The van der Waals surface area contributed by atoms with Crippen LogP contribution in [0, 0.1) is 0 Å². The highest BCUT2D eigenvalue weighted by molar-refractivity contribution is 6.36. The van der Waals surface area contributed by atoms with E-state index in [1.807, 2.05) is 19.2 Å². The van der Waals surface area contributed by atoms with Crippen molar-refractivity contribution in [2.45, 2.75) is 13.0 Å². The molecule has 2 heterocycles. The number of hydrogen-bond acceptors (Lipinski definition) is 6. The fourth-order valence-electron chi connectivity index (χ4n) is 3.84. The van der Waals surface area contributed by atoms with Gasteiger partial charge in [-0.1, -0.05) is 35.9 Å². The molecule has 4 rings (SSSR count). The zero-order valence-corrected chi connectivity index (χ0v) is 16.9. The van der Waals surface area contributed by atoms with Gasteiger partial charge >= 0.3 is 6.01 Å². The maximum absolute atomic E-state index is 6.54. The first kappa shape index (κ1) is 18.8. The van der Waals surface area contributed by atoms with E-state index in [0.717, 1.165) is 52.5 Å². The van der Waals surface area contributed by atoms with Gasteiger partial charge in [-0.3, -0.25) is 0 Å². The van der Waals surface area contributed by atoms with E-state index in [0.29, 0.717) is 19.1 Å². The van der Waals surface area contributed by atoms with E-state index in [1.165, 1.54) is 5.56 Å². The Morgan fingerprint density at radius 3 is 2.75 bits per heavy atom. The summed E-state index contributed by atoms with van der Waals surface area (Å²) < 4.78 is 5.36. The molecule has 1 aromatic heterocycles. The predicted octanol–water partition coefficient (Wildman–Crippen LogP) is 3.25. The fourth-order valence-corrected chi connectivity index (χ4v) is 4.12. The van der Waals surface area contributed by atoms with Crippen molar-refractivity contribution < 1.29 is 4.74 Å². The SMILES string of the molecule is COc1nc2c(c(N(C)CCN)n1)CCN(c1cccc3cccc(Cl)c13)C2. The quantitative estimate of drug-likeness (QED) is 0.712. The first-order chi connectivity index (χ1) is 13.6. The Morgan fingerprint density at radius 1 is 1.21 bits per heavy atom. The van der Waals surface area contributed by atoms with Crippen molar-refractivity contribution in [3.63, 3.8) is 0 Å². The van der Waals surface area contributed by atoms with Gasteiger partial charge in [-0.25, -0.2) is 0 Å². The lowest BCUT2D eigenvalue weighted by molar-refractivity contribution is 0.376. The lowest BCUT2D eigenvalue weighted by Gasteiger charge is -2.33. The summed E-state index contributed by atoms with van der Waals surface area (Å²) in [6.45, 7) is 2.85. The van der Waals surface area contributed by atoms with Crippen LogP contribution in [0.3, 0.4) is 0 Å². The second-order valence-electron chi connectivity index (χ2n) is 6.96. The molecule has 0 atom stereocenters. The van der Waals surface area contributed by atoms with Crippen LogP contribution < -0.4 is 20.3 Å². The van der Waals surface area contributed by atoms with Gasteiger partial charge in [0.25, 0.3) is 0 Å². The van der Waals surface area contributed by atoms with Crippen LogP contribution in [-0.4, -0.2) is 43.8 Å². The molecule has 0 saturated heterocycles. The van der Waals surface area contributed by atoms with Crippen molar-refractivity contribution >= 4 is 33.9 Å². The van der Waals surface area contributed by atoms with Gasteiger partial charge in [0.1, 0.15) is 5.82 Å². The zero-order chi connectivity index (χ0) is 19.7. The third kappa shape index (κ3) is 3.34. The number of halogens is 1. The van der Waals surface area contributed by atoms with Crippen LogP contribution in [0.5, 0.6) is 6.01 Å². The first-order valence-corrected chi connectivity index (χ1v) is 9.77. The highest BCUT2D eigenvalue weighted by atomic mass is 35.5. The van der Waals surface area contributed by atoms with Gasteiger partial charge in [0, 0.05) is 43.3 Å². The summed E-state index contributed by atoms with van der Waals surface area (Å²) >= 11 is 6.54. The van der Waals surface area contributed by atoms with Crippen molar-refractivity contribution in [1.29, 1.82) is 0 Å². The van der Waals surface area contributed by atoms with Crippen LogP contribution in [0.25, 0.3) is 10.8 Å². The number of benzene rings is 2. The van der Waals surface area contributed by atoms with Crippen molar-refractivity contribution in [2.24, 2.45) is 5.73 Å². The van der Waals surface area contributed by atoms with E-state index in [4.69, 9.17) is 22.1 Å². The third-order valence-corrected chi connectivity index (χ3v) is 5.52. The average molecular weight is 398 g/mol. The molecule has 7 heteroatoms. The molecule has 2 aromatic carbocycles. The number of likely N-dealkylation sites (N-methyl/N-ethyl adjacent to an activating group) is 1. The molecule has 0 bridgehead atoms. The number of rotatable bonds is 5. The second-order valence-corrected chi connectivity index (χ2v) is 7.36. The Kier molecular flexibility index (Phi) is 5.24. The van der Waals surface area contributed by atoms with Gasteiger partial charge < -0.3 is 20.3 Å². The zero-order valence-electron chi connectivity index (χ0n) is 16.2. The predicted molar refractivity (Wildman–Crippen MR) is 115 cm³/mol. The van der Waals surface area contributed by atoms with Gasteiger partial charge in [0.05, 0.1) is 24.4 Å². The van der Waals surface area contributed by atoms with Crippen LogP contribution in [0.4, 0.5) is 11.5 Å². The molecular weight excluding hydrogens is 374 g/mol. The van der Waals surface area contributed by atoms with E-state index in [1.54, 1.807) is 7.11 Å². The summed E-state index contributed by atoms with van der Waals surface area (Å²) in [6.07, 6.45) is 0.852. The van der Waals surface area contributed by atoms with Crippen LogP contribution >= 0.6 is 11.6 Å². The number of fused-ring (bicyclic) bond motifs is 2. The lowest BCUT2D eigenvalue weighted by Crippen LogP contribution is -2.34. The Morgan fingerprint density at radius 2 is 2.00 bits per heavy atom. The number of anilines is 2. The molecule has 2 N–H and O–H groups in total. The molecule has 28 heavy (non-hydrogen) atoms. The minimum Gasteiger partial charge on any atom is -0.467 e. The second kappa shape index (κ2) is 7.81. The van der Waals surface area contributed by atoms with Gasteiger partial charge in [-0.2, -0.15) is 9.97 Å². The Bertz CT molecular complexity index is 1000. The molecule has 0 amide bonds. The molecular formula is C21H24ClN5O. The van der Waals surface area contributed by atoms with Gasteiger partial charge in [-0.05, 0) is 23.9 Å². The monoisotopic (exact) mass is 397 g/mol. The van der Waals surface area contributed by atoms with Crippen LogP contribution in [0.1, 0.15) is 11.3 Å². The standard InChI is InChI=1S/C21H24ClN5O/c1-26(12-10-23)20-15-9-11-27(13-17(15)24-21(25-20)28-2)18-8-4-6-14-5-3-7-16(22)19(14)18/h3-8H,9-13,23H2,1-2H3. The van der Waals surface area contributed by atoms with Crippen LogP contribution in [0.2, 0.25) is 5.02 Å². The third-order valence-electron chi connectivity index (χ3n) is 5.20. The van der Waals surface area contributed by atoms with Crippen molar-refractivity contribution in [3.05, 3.63) is 52.7 Å². The van der Waals surface area contributed by atoms with E-state index >= 15 is 0 Å². The smallest absolute Gasteiger partial charge is 0.318 e. The average Bonchev–Trinajstić information content (AvgIpc) is 2.72. The first-order valence-electron chi connectivity index (χ1n) is 9.39. The van der Waals surface area contributed by atoms with E-state index < -0.39 is 0 Å². The largest absolute Gasteiger partial charge is 0.467 e. The number of hydrogen-bond donors (Lipinski definition) is 1. The normalized spacial score (nSPS) is 13.5. The Hall–Kier alpha value is -2.57. The molecule has 146 valence electrons. The minimum atomic E-state index is 0.385. The molecule has 1 aliphatic heterocycles. The molecule has 0 unspecified atom stereocenters. The molecule has 1 aliphatic rings. The van der Waals surface area contributed by atoms with Gasteiger partial charge in [0.2, 0.25) is 0 Å². The van der Waals surface area contributed by atoms with E-state index in [-0.39, 0.29) is 0 Å². The number of nitrogens with two attached hydrogens (primary N) is 1. The summed E-state index contributed by atoms with van der Waals surface area (Å²) in [7, 11) is 3.60. The summed E-state index contributed by atoms with van der Waals surface area (Å²) in [5.74, 6) is 0.905. The lowest BCUT2D eigenvalue weighted by atomic mass is 10.0. The van der Waals surface area contributed by atoms with Crippen molar-refractivity contribution in [3.8, 4) is 6.01 Å². The Balaban J connectivity index is 1.76. The highest BCUT2D eigenvalue weighted by Gasteiger charge is 2.25. The highest BCUT2D eigenvalue weighted by Crippen LogP contribution is 2.36. The summed E-state index contributed by atoms with van der Waals surface area (Å²) in [5, 5.41) is 2.98.